The number of benzene rings is 3. The van der Waals surface area contributed by atoms with E-state index in [1.54, 1.807) is 30.3 Å². The number of hydrogen-bond acceptors (Lipinski definition) is 2. The molecule has 3 rings (SSSR count). The number of carbonyl (C=O) groups excluding carboxylic acids is 2. The Labute approximate surface area is 170 Å². The molecule has 5 nitrogen and oxygen atoms in total. The SMILES string of the molecule is O=C(C[NH2+][C@H](C(=O)Nc1ccc(F)cc1)c1ccccc1)Nc1ccc(F)c(F)c1. The zero-order valence-corrected chi connectivity index (χ0v) is 15.7. The maximum absolute atomic E-state index is 13.3. The maximum atomic E-state index is 13.3. The monoisotopic (exact) mass is 414 g/mol. The van der Waals surface area contributed by atoms with Crippen LogP contribution in [0.5, 0.6) is 0 Å². The van der Waals surface area contributed by atoms with Gasteiger partial charge in [0.2, 0.25) is 0 Å². The minimum Gasteiger partial charge on any atom is -0.324 e. The molecule has 0 saturated heterocycles. The number of halogens is 3. The molecule has 0 aliphatic heterocycles. The van der Waals surface area contributed by atoms with Crippen molar-refractivity contribution in [2.24, 2.45) is 0 Å². The third kappa shape index (κ3) is 5.68. The first-order valence-electron chi connectivity index (χ1n) is 9.12. The summed E-state index contributed by atoms with van der Waals surface area (Å²) >= 11 is 0. The van der Waals surface area contributed by atoms with Crippen LogP contribution in [-0.2, 0) is 9.59 Å². The van der Waals surface area contributed by atoms with Gasteiger partial charge in [-0.2, -0.15) is 0 Å². The van der Waals surface area contributed by atoms with E-state index in [-0.39, 0.29) is 12.2 Å². The molecule has 0 spiro atoms. The lowest BCUT2D eigenvalue weighted by molar-refractivity contribution is -0.671. The quantitative estimate of drug-likeness (QED) is 0.556. The summed E-state index contributed by atoms with van der Waals surface area (Å²) in [7, 11) is 0. The summed E-state index contributed by atoms with van der Waals surface area (Å²) in [5.41, 5.74) is 1.19. The zero-order valence-electron chi connectivity index (χ0n) is 15.7. The van der Waals surface area contributed by atoms with E-state index in [4.69, 9.17) is 0 Å². The van der Waals surface area contributed by atoms with Gasteiger partial charge in [-0.15, -0.1) is 0 Å². The topological polar surface area (TPSA) is 74.8 Å². The van der Waals surface area contributed by atoms with Crippen LogP contribution in [0.15, 0.2) is 72.8 Å². The fourth-order valence-electron chi connectivity index (χ4n) is 2.82. The number of rotatable bonds is 7. The minimum absolute atomic E-state index is 0.110. The lowest BCUT2D eigenvalue weighted by Crippen LogP contribution is -2.89. The van der Waals surface area contributed by atoms with Crippen LogP contribution in [0.25, 0.3) is 0 Å². The highest BCUT2D eigenvalue weighted by Crippen LogP contribution is 2.15. The van der Waals surface area contributed by atoms with E-state index in [1.807, 2.05) is 0 Å². The van der Waals surface area contributed by atoms with E-state index in [1.165, 1.54) is 35.6 Å². The molecule has 2 amide bonds. The molecule has 0 aromatic heterocycles. The predicted octanol–water partition coefficient (Wildman–Crippen LogP) is 2.99. The second-order valence-corrected chi connectivity index (χ2v) is 6.50. The number of nitrogens with two attached hydrogens (primary N) is 1. The standard InChI is InChI=1S/C22H18F3N3O2/c23-15-6-8-16(9-7-15)28-22(30)21(14-4-2-1-3-5-14)26-13-20(29)27-17-10-11-18(24)19(25)12-17/h1-12,21,26H,13H2,(H,27,29)(H,28,30)/p+1/t21-/m0/s1. The molecular weight excluding hydrogens is 395 g/mol. The fraction of sp³-hybridized carbons (Fsp3) is 0.0909. The van der Waals surface area contributed by atoms with Crippen LogP contribution < -0.4 is 16.0 Å². The second-order valence-electron chi connectivity index (χ2n) is 6.50. The molecule has 4 N–H and O–H groups in total. The van der Waals surface area contributed by atoms with Crippen LogP contribution in [0.1, 0.15) is 11.6 Å². The molecule has 0 saturated carbocycles. The van der Waals surface area contributed by atoms with Gasteiger partial charge in [-0.3, -0.25) is 9.59 Å². The number of quaternary nitrogens is 1. The third-order valence-corrected chi connectivity index (χ3v) is 4.30. The van der Waals surface area contributed by atoms with Gasteiger partial charge < -0.3 is 16.0 Å². The molecule has 1 atom stereocenters. The molecule has 0 heterocycles. The molecule has 0 fully saturated rings. The Kier molecular flexibility index (Phi) is 6.82. The Balaban J connectivity index is 1.68. The molecule has 0 bridgehead atoms. The molecule has 30 heavy (non-hydrogen) atoms. The molecular formula is C22H19F3N3O2+. The molecule has 0 radical (unpaired) electrons. The second kappa shape index (κ2) is 9.71. The Morgan fingerprint density at radius 1 is 0.800 bits per heavy atom. The van der Waals surface area contributed by atoms with E-state index in [0.29, 0.717) is 11.3 Å². The zero-order chi connectivity index (χ0) is 21.5. The lowest BCUT2D eigenvalue weighted by Gasteiger charge is -2.16. The number of nitrogens with one attached hydrogen (secondary N) is 2. The van der Waals surface area contributed by atoms with Gasteiger partial charge in [-0.1, -0.05) is 30.3 Å². The van der Waals surface area contributed by atoms with Crippen molar-refractivity contribution < 1.29 is 28.1 Å². The summed E-state index contributed by atoms with van der Waals surface area (Å²) in [6.07, 6.45) is 0. The van der Waals surface area contributed by atoms with Crippen LogP contribution >= 0.6 is 0 Å². The third-order valence-electron chi connectivity index (χ3n) is 4.30. The van der Waals surface area contributed by atoms with E-state index >= 15 is 0 Å². The molecule has 154 valence electrons. The van der Waals surface area contributed by atoms with Crippen molar-refractivity contribution in [1.29, 1.82) is 0 Å². The predicted molar refractivity (Wildman–Crippen MR) is 106 cm³/mol. The summed E-state index contributed by atoms with van der Waals surface area (Å²) in [6.45, 7) is -0.143. The first-order chi connectivity index (χ1) is 14.4. The smallest absolute Gasteiger partial charge is 0.287 e. The Morgan fingerprint density at radius 2 is 1.47 bits per heavy atom. The Bertz CT molecular complexity index is 1030. The minimum atomic E-state index is -1.07. The van der Waals surface area contributed by atoms with Crippen molar-refractivity contribution in [2.75, 3.05) is 17.2 Å². The van der Waals surface area contributed by atoms with Crippen LogP contribution in [0.2, 0.25) is 0 Å². The van der Waals surface area contributed by atoms with Crippen LogP contribution in [0.3, 0.4) is 0 Å². The highest BCUT2D eigenvalue weighted by molar-refractivity contribution is 5.95. The van der Waals surface area contributed by atoms with Crippen molar-refractivity contribution in [2.45, 2.75) is 6.04 Å². The summed E-state index contributed by atoms with van der Waals surface area (Å²) in [4.78, 5) is 25.0. The van der Waals surface area contributed by atoms with Crippen LogP contribution in [-0.4, -0.2) is 18.4 Å². The summed E-state index contributed by atoms with van der Waals surface area (Å²) in [5, 5.41) is 6.67. The highest BCUT2D eigenvalue weighted by Gasteiger charge is 2.25. The molecule has 0 unspecified atom stereocenters. The molecule has 3 aromatic rings. The van der Waals surface area contributed by atoms with E-state index < -0.39 is 35.3 Å². The molecule has 3 aromatic carbocycles. The van der Waals surface area contributed by atoms with E-state index in [9.17, 15) is 22.8 Å². The first-order valence-corrected chi connectivity index (χ1v) is 9.12. The molecule has 0 aliphatic carbocycles. The van der Waals surface area contributed by atoms with Gasteiger partial charge in [0.05, 0.1) is 0 Å². The van der Waals surface area contributed by atoms with Crippen molar-refractivity contribution in [3.8, 4) is 0 Å². The van der Waals surface area contributed by atoms with Gasteiger partial charge in [-0.05, 0) is 36.4 Å². The van der Waals surface area contributed by atoms with E-state index in [0.717, 1.165) is 12.1 Å². The average molecular weight is 414 g/mol. The average Bonchev–Trinajstić information content (AvgIpc) is 2.73. The van der Waals surface area contributed by atoms with E-state index in [2.05, 4.69) is 10.6 Å². The highest BCUT2D eigenvalue weighted by atomic mass is 19.2. The maximum Gasteiger partial charge on any atom is 0.287 e. The normalized spacial score (nSPS) is 11.6. The van der Waals surface area contributed by atoms with Gasteiger partial charge in [0, 0.05) is 23.0 Å². The van der Waals surface area contributed by atoms with Gasteiger partial charge in [0.25, 0.3) is 11.8 Å². The fourth-order valence-corrected chi connectivity index (χ4v) is 2.82. The number of carbonyl (C=O) groups is 2. The summed E-state index contributed by atoms with van der Waals surface area (Å²) in [6, 6.07) is 16.4. The van der Waals surface area contributed by atoms with Crippen molar-refractivity contribution >= 4 is 23.2 Å². The van der Waals surface area contributed by atoms with Crippen LogP contribution in [0.4, 0.5) is 24.5 Å². The van der Waals surface area contributed by atoms with Crippen molar-refractivity contribution in [3.05, 3.63) is 95.8 Å². The number of amides is 2. The van der Waals surface area contributed by atoms with Crippen molar-refractivity contribution in [3.63, 3.8) is 0 Å². The summed E-state index contributed by atoms with van der Waals surface area (Å²) < 4.78 is 39.4. The number of anilines is 2. The molecule has 0 aliphatic rings. The van der Waals surface area contributed by atoms with Gasteiger partial charge in [0.1, 0.15) is 5.82 Å². The van der Waals surface area contributed by atoms with Gasteiger partial charge in [0.15, 0.2) is 24.2 Å². The largest absolute Gasteiger partial charge is 0.324 e. The Hall–Kier alpha value is -3.65. The first kappa shape index (κ1) is 21.1. The number of hydrogen-bond donors (Lipinski definition) is 3. The summed E-state index contributed by atoms with van der Waals surface area (Å²) in [5.74, 6) is -3.39. The van der Waals surface area contributed by atoms with Crippen LogP contribution in [0, 0.1) is 17.5 Å². The van der Waals surface area contributed by atoms with Gasteiger partial charge in [-0.25, -0.2) is 13.2 Å². The van der Waals surface area contributed by atoms with Gasteiger partial charge >= 0.3 is 0 Å². The molecule has 8 heteroatoms. The lowest BCUT2D eigenvalue weighted by atomic mass is 10.1. The van der Waals surface area contributed by atoms with Crippen molar-refractivity contribution in [1.82, 2.24) is 0 Å². The Morgan fingerprint density at radius 3 is 2.13 bits per heavy atom.